The molecule has 1 aliphatic heterocycles. The van der Waals surface area contributed by atoms with Crippen molar-refractivity contribution in [1.29, 1.82) is 0 Å². The van der Waals surface area contributed by atoms with Crippen molar-refractivity contribution in [3.05, 3.63) is 21.8 Å². The highest BCUT2D eigenvalue weighted by atomic mass is 79.9. The average molecular weight is 478 g/mol. The maximum atomic E-state index is 6.69. The normalized spacial score (nSPS) is 29.4. The second-order valence-electron chi connectivity index (χ2n) is 11.8. The Bertz CT molecular complexity index is 549. The van der Waals surface area contributed by atoms with E-state index in [1.54, 1.807) is 9.64 Å². The van der Waals surface area contributed by atoms with E-state index in [4.69, 9.17) is 4.43 Å². The lowest BCUT2D eigenvalue weighted by molar-refractivity contribution is 0.380. The van der Waals surface area contributed by atoms with Crippen molar-refractivity contribution in [1.82, 2.24) is 0 Å². The van der Waals surface area contributed by atoms with E-state index in [0.717, 1.165) is 0 Å². The molecule has 0 aromatic carbocycles. The summed E-state index contributed by atoms with van der Waals surface area (Å²) in [5.74, 6) is 0. The van der Waals surface area contributed by atoms with Gasteiger partial charge >= 0.3 is 0 Å². The Labute approximate surface area is 170 Å². The first-order valence-corrected chi connectivity index (χ1v) is 22.7. The summed E-state index contributed by atoms with van der Waals surface area (Å²) in [6.45, 7) is 29.8. The first-order valence-electron chi connectivity index (χ1n) is 9.46. The molecule has 0 aromatic heterocycles. The van der Waals surface area contributed by atoms with Crippen LogP contribution in [0.4, 0.5) is 0 Å². The van der Waals surface area contributed by atoms with Crippen LogP contribution in [0, 0.1) is 0 Å². The molecule has 0 saturated carbocycles. The van der Waals surface area contributed by atoms with E-state index in [-0.39, 0.29) is 8.99 Å². The van der Waals surface area contributed by atoms with E-state index in [9.17, 15) is 0 Å². The molecular weight excluding hydrogens is 436 g/mol. The van der Waals surface area contributed by atoms with Crippen molar-refractivity contribution in [3.8, 4) is 0 Å². The van der Waals surface area contributed by atoms with Crippen LogP contribution in [0.3, 0.4) is 0 Å². The molecule has 1 rings (SSSR count). The van der Waals surface area contributed by atoms with Crippen LogP contribution in [0.5, 0.6) is 0 Å². The average Bonchev–Trinajstić information content (AvgIpc) is 2.32. The summed E-state index contributed by atoms with van der Waals surface area (Å²) < 4.78 is 6.74. The van der Waals surface area contributed by atoms with Crippen molar-refractivity contribution in [2.45, 2.75) is 88.7 Å². The summed E-state index contributed by atoms with van der Waals surface area (Å²) in [7, 11) is -4.78. The fraction of sp³-hybridized carbons (Fsp3) is 0.789. The topological polar surface area (TPSA) is 9.23 Å². The summed E-state index contributed by atoms with van der Waals surface area (Å²) in [6.07, 6.45) is 5.30. The number of hydrogen-bond donors (Lipinski definition) is 0. The largest absolute Gasteiger partial charge is 0.412 e. The number of alkyl halides is 1. The van der Waals surface area contributed by atoms with Crippen LogP contribution in [0.25, 0.3) is 0 Å². The molecule has 0 unspecified atom stereocenters. The lowest BCUT2D eigenvalue weighted by Gasteiger charge is -2.55. The lowest BCUT2D eigenvalue weighted by Crippen LogP contribution is -2.65. The molecule has 0 bridgehead atoms. The zero-order chi connectivity index (χ0) is 20.3. The molecule has 0 aromatic rings. The molecule has 0 aliphatic carbocycles. The van der Waals surface area contributed by atoms with Gasteiger partial charge in [0.2, 0.25) is 8.32 Å². The third kappa shape index (κ3) is 4.14. The zero-order valence-corrected chi connectivity index (χ0v) is 24.5. The molecule has 0 atom stereocenters. The Morgan fingerprint density at radius 2 is 1.16 bits per heavy atom. The summed E-state index contributed by atoms with van der Waals surface area (Å²) in [5, 5.41) is 0.160. The van der Waals surface area contributed by atoms with E-state index in [1.165, 1.54) is 0 Å². The van der Waals surface area contributed by atoms with Gasteiger partial charge in [0.25, 0.3) is 0 Å². The fourth-order valence-corrected chi connectivity index (χ4v) is 24.7. The van der Waals surface area contributed by atoms with Crippen LogP contribution < -0.4 is 0 Å². The van der Waals surface area contributed by atoms with E-state index in [1.807, 2.05) is 7.11 Å². The van der Waals surface area contributed by atoms with Crippen molar-refractivity contribution in [3.63, 3.8) is 0 Å². The molecule has 0 spiro atoms. The first kappa shape index (κ1) is 23.8. The maximum Gasteiger partial charge on any atom is 0.244 e. The molecule has 6 heteroatoms. The maximum absolute atomic E-state index is 6.69. The van der Waals surface area contributed by atoms with E-state index in [0.29, 0.717) is 0 Å². The van der Waals surface area contributed by atoms with Crippen LogP contribution in [0.1, 0.15) is 20.8 Å². The molecule has 1 nitrogen and oxygen atoms in total. The lowest BCUT2D eigenvalue weighted by atomic mass is 10.2. The Morgan fingerprint density at radius 3 is 1.32 bits per heavy atom. The fourth-order valence-electron chi connectivity index (χ4n) is 4.07. The highest BCUT2D eigenvalue weighted by Gasteiger charge is 2.61. The predicted octanol–water partition coefficient (Wildman–Crippen LogP) is 7.09. The molecule has 146 valence electrons. The van der Waals surface area contributed by atoms with Gasteiger partial charge in [-0.3, -0.25) is 0 Å². The van der Waals surface area contributed by atoms with Gasteiger partial charge < -0.3 is 4.43 Å². The van der Waals surface area contributed by atoms with E-state index >= 15 is 0 Å². The minimum atomic E-state index is -2.22. The summed E-state index contributed by atoms with van der Waals surface area (Å²) in [4.78, 5) is 3.43. The highest BCUT2D eigenvalue weighted by molar-refractivity contribution is 9.10. The third-order valence-corrected chi connectivity index (χ3v) is 26.9. The number of allylic oxidation sites excluding steroid dienone is 2. The van der Waals surface area contributed by atoms with Crippen molar-refractivity contribution in [2.24, 2.45) is 0 Å². The van der Waals surface area contributed by atoms with Gasteiger partial charge in [-0.25, -0.2) is 0 Å². The minimum Gasteiger partial charge on any atom is -0.412 e. The molecule has 0 N–H and O–H groups in total. The Hall–Kier alpha value is 0.788. The Kier molecular flexibility index (Phi) is 6.38. The molecule has 1 heterocycles. The highest BCUT2D eigenvalue weighted by Crippen LogP contribution is 2.55. The molecule has 0 amide bonds. The number of hydrogen-bond acceptors (Lipinski definition) is 1. The Balaban J connectivity index is 4.05. The van der Waals surface area contributed by atoms with Gasteiger partial charge in [-0.1, -0.05) is 117 Å². The zero-order valence-electron chi connectivity index (χ0n) is 18.9. The summed E-state index contributed by atoms with van der Waals surface area (Å²) in [5.41, 5.74) is 0. The van der Waals surface area contributed by atoms with Gasteiger partial charge in [0.1, 0.15) is 0 Å². The second kappa shape index (κ2) is 6.69. The van der Waals surface area contributed by atoms with Crippen LogP contribution >= 0.6 is 15.9 Å². The van der Waals surface area contributed by atoms with E-state index in [2.05, 4.69) is 108 Å². The molecule has 0 fully saturated rings. The van der Waals surface area contributed by atoms with Crippen LogP contribution in [-0.2, 0) is 4.43 Å². The van der Waals surface area contributed by atoms with Gasteiger partial charge in [0.15, 0.2) is 0 Å². The van der Waals surface area contributed by atoms with Crippen molar-refractivity contribution in [2.75, 3.05) is 7.11 Å². The molecule has 1 aliphatic rings. The van der Waals surface area contributed by atoms with Crippen LogP contribution in [-0.4, -0.2) is 43.6 Å². The van der Waals surface area contributed by atoms with Crippen LogP contribution in [0.15, 0.2) is 21.8 Å². The molecular formula is C19H41BrOSi4. The van der Waals surface area contributed by atoms with Gasteiger partial charge in [0.05, 0.1) is 28.2 Å². The smallest absolute Gasteiger partial charge is 0.244 e. The second-order valence-corrected chi connectivity index (χ2v) is 34.6. The first-order chi connectivity index (χ1) is 10.7. The van der Waals surface area contributed by atoms with E-state index < -0.39 is 32.5 Å². The van der Waals surface area contributed by atoms with Gasteiger partial charge in [-0.05, 0) is 5.04 Å². The minimum absolute atomic E-state index is 0.0471. The summed E-state index contributed by atoms with van der Waals surface area (Å²) >= 11 is 4.25. The molecule has 0 saturated heterocycles. The predicted molar refractivity (Wildman–Crippen MR) is 130 cm³/mol. The van der Waals surface area contributed by atoms with Gasteiger partial charge in [-0.2, -0.15) is 0 Å². The SMILES string of the molecule is CO[Si]1(C(C)(C)C)C([Si](C)(C)C)=CC(Br)([Si](C)(C)C)C=C1[Si](C)(C)C. The van der Waals surface area contributed by atoms with Crippen molar-refractivity contribution < 1.29 is 4.43 Å². The van der Waals surface area contributed by atoms with Gasteiger partial charge in [0, 0.05) is 7.11 Å². The standard InChI is InChI=1S/C19H41BrOSi4/c1-18(2,3)25(21-4)16(22(5,6)7)14-19(20,24(11,12)13)15-17(25)23(8,9)10/h14-15H,1-13H3. The van der Waals surface area contributed by atoms with Crippen molar-refractivity contribution >= 4 is 48.5 Å². The van der Waals surface area contributed by atoms with Crippen LogP contribution in [0.2, 0.25) is 64.0 Å². The molecule has 0 radical (unpaired) electrons. The van der Waals surface area contributed by atoms with Gasteiger partial charge in [-0.15, -0.1) is 0 Å². The third-order valence-electron chi connectivity index (χ3n) is 5.60. The number of rotatable bonds is 4. The summed E-state index contributed by atoms with van der Waals surface area (Å²) in [6, 6.07) is 0. The quantitative estimate of drug-likeness (QED) is 0.310. The molecule has 25 heavy (non-hydrogen) atoms. The monoisotopic (exact) mass is 476 g/mol. The Morgan fingerprint density at radius 1 is 0.840 bits per heavy atom. The number of halogens is 1.